The minimum absolute atomic E-state index is 0.270. The number of hydrogen-bond acceptors (Lipinski definition) is 4. The monoisotopic (exact) mass is 509 g/mol. The van der Waals surface area contributed by atoms with Gasteiger partial charge >= 0.3 is 12.3 Å². The zero-order chi connectivity index (χ0) is 30.2. The van der Waals surface area contributed by atoms with Gasteiger partial charge in [-0.25, -0.2) is 14.8 Å². The van der Waals surface area contributed by atoms with E-state index in [1.165, 1.54) is 0 Å². The van der Waals surface area contributed by atoms with Crippen LogP contribution >= 0.6 is 11.6 Å². The van der Waals surface area contributed by atoms with Crippen molar-refractivity contribution < 1.29 is 22.7 Å². The van der Waals surface area contributed by atoms with Crippen LogP contribution < -0.4 is 5.32 Å². The van der Waals surface area contributed by atoms with E-state index in [1.807, 2.05) is 5.32 Å². The van der Waals surface area contributed by atoms with Gasteiger partial charge in [0, 0.05) is 140 Å². The molecule has 0 aliphatic rings. The second kappa shape index (κ2) is 16.1. The molecular formula is C11H13B18ClF3N3O2. The first-order valence-electron chi connectivity index (χ1n) is 11.2. The second-order valence-electron chi connectivity index (χ2n) is 9.44. The normalized spacial score (nSPS) is 10.7. The van der Waals surface area contributed by atoms with Crippen LogP contribution in [0.1, 0.15) is 32.0 Å². The Labute approximate surface area is 245 Å². The van der Waals surface area contributed by atoms with Crippen molar-refractivity contribution in [1.82, 2.24) is 9.97 Å². The van der Waals surface area contributed by atoms with Gasteiger partial charge in [0.2, 0.25) is 5.95 Å². The number of aromatic nitrogens is 2. The van der Waals surface area contributed by atoms with Crippen LogP contribution in [0.25, 0.3) is 0 Å². The maximum absolute atomic E-state index is 12.7. The molecule has 166 valence electrons. The van der Waals surface area contributed by atoms with Gasteiger partial charge in [-0.2, -0.15) is 13.2 Å². The lowest BCUT2D eigenvalue weighted by atomic mass is 8.41. The van der Waals surface area contributed by atoms with Gasteiger partial charge in [0.05, 0.1) is 5.88 Å². The Bertz CT molecular complexity index is 842. The van der Waals surface area contributed by atoms with Crippen molar-refractivity contribution in [2.24, 2.45) is 0 Å². The zero-order valence-corrected chi connectivity index (χ0v) is 22.2. The zero-order valence-electron chi connectivity index (χ0n) is 21.4. The summed E-state index contributed by atoms with van der Waals surface area (Å²) in [6.07, 6.45) is -10.8. The molecule has 1 aromatic heterocycles. The summed E-state index contributed by atoms with van der Waals surface area (Å²) in [6, 6.07) is 0. The van der Waals surface area contributed by atoms with E-state index in [9.17, 15) is 18.0 Å². The van der Waals surface area contributed by atoms with Gasteiger partial charge in [0.1, 0.15) is 5.60 Å². The van der Waals surface area contributed by atoms with Crippen molar-refractivity contribution in [3.63, 3.8) is 0 Å². The van der Waals surface area contributed by atoms with E-state index in [0.717, 1.165) is 6.20 Å². The van der Waals surface area contributed by atoms with Crippen LogP contribution in [0.2, 0.25) is 0 Å². The van der Waals surface area contributed by atoms with E-state index in [-0.39, 0.29) is 11.4 Å². The smallest absolute Gasteiger partial charge is 0.433 e. The van der Waals surface area contributed by atoms with E-state index in [1.54, 1.807) is 20.8 Å². The highest BCUT2D eigenvalue weighted by molar-refractivity contribution is 8.17. The first kappa shape index (κ1) is 37.6. The van der Waals surface area contributed by atoms with Crippen LogP contribution in [0.4, 0.5) is 23.9 Å². The molecule has 27 heteroatoms. The van der Waals surface area contributed by atoms with Crippen molar-refractivity contribution in [3.05, 3.63) is 17.5 Å². The van der Waals surface area contributed by atoms with Gasteiger partial charge in [-0.05, 0) is 20.8 Å². The lowest BCUT2D eigenvalue weighted by Crippen LogP contribution is -2.78. The number of alkyl halides is 4. The van der Waals surface area contributed by atoms with Gasteiger partial charge in [-0.3, -0.25) is 5.32 Å². The Morgan fingerprint density at radius 3 is 1.55 bits per heavy atom. The molecule has 38 heavy (non-hydrogen) atoms. The minimum Gasteiger partial charge on any atom is -0.444 e. The lowest BCUT2D eigenvalue weighted by Gasteiger charge is -2.40. The Kier molecular flexibility index (Phi) is 16.0. The number of amides is 1. The van der Waals surface area contributed by atoms with E-state index < -0.39 is 80.6 Å². The third kappa shape index (κ3) is 12.8. The maximum atomic E-state index is 12.7. The summed E-state index contributed by atoms with van der Waals surface area (Å²) in [5.41, 5.74) is -2.24. The molecule has 0 fully saturated rings. The fraction of sp³-hybridized carbons (Fsp3) is 0.545. The number of nitrogens with one attached hydrogen (secondary N) is 1. The van der Waals surface area contributed by atoms with Crippen molar-refractivity contribution in [3.8, 4) is 0 Å². The summed E-state index contributed by atoms with van der Waals surface area (Å²) in [5, 5.41) is 2.04. The average Bonchev–Trinajstić information content (AvgIpc) is 2.70. The van der Waals surface area contributed by atoms with Crippen molar-refractivity contribution >= 4 is 152 Å². The minimum atomic E-state index is -4.68. The molecular weight excluding hydrogens is 493 g/mol. The highest BCUT2D eigenvalue weighted by atomic mass is 35.5. The third-order valence-corrected chi connectivity index (χ3v) is 5.29. The number of anilines is 1. The van der Waals surface area contributed by atoms with Crippen molar-refractivity contribution in [2.45, 2.75) is 38.4 Å². The fourth-order valence-corrected chi connectivity index (χ4v) is 3.71. The number of ether oxygens (including phenoxy) is 1. The van der Waals surface area contributed by atoms with Gasteiger partial charge in [-0.15, -0.1) is 11.6 Å². The molecule has 0 bridgehead atoms. The molecule has 0 unspecified atom stereocenters. The highest BCUT2D eigenvalue weighted by Crippen LogP contribution is 2.31. The van der Waals surface area contributed by atoms with E-state index in [4.69, 9.17) is 93.7 Å². The average molecular weight is 506 g/mol. The molecule has 0 aliphatic carbocycles. The van der Waals surface area contributed by atoms with Crippen LogP contribution in [-0.4, -0.2) is 150 Å². The number of rotatable bonds is 9. The standard InChI is InChI=1S/C11H13ClF3N3O2.B18/c1-10(2,3)20-9(19)18-8-16-5-6(4-12)7(17-8)11(13,14)15;1-11(2)16(12(3)4)18(15(9)10)17(13(5)6)14(7)8/h5H,4H2,1-3H3,(H,16,17,18,19);. The number of carbonyl (C=O) groups is 1. The Morgan fingerprint density at radius 1 is 0.868 bits per heavy atom. The largest absolute Gasteiger partial charge is 0.444 e. The Morgan fingerprint density at radius 2 is 1.26 bits per heavy atom. The summed E-state index contributed by atoms with van der Waals surface area (Å²) >= 11 is 5.39. The summed E-state index contributed by atoms with van der Waals surface area (Å²) in [5.74, 6) is -0.887. The van der Waals surface area contributed by atoms with E-state index in [0.29, 0.717) is 0 Å². The number of nitrogens with zero attached hydrogens (tertiary/aromatic N) is 2. The summed E-state index contributed by atoms with van der Waals surface area (Å²) in [4.78, 5) is 18.3. The molecule has 0 saturated carbocycles. The topological polar surface area (TPSA) is 64.1 Å². The van der Waals surface area contributed by atoms with Crippen LogP contribution in [-0.2, 0) is 16.8 Å². The van der Waals surface area contributed by atoms with Gasteiger partial charge in [0.15, 0.2) is 5.69 Å². The molecule has 0 aliphatic heterocycles. The van der Waals surface area contributed by atoms with Gasteiger partial charge in [0.25, 0.3) is 0 Å². The van der Waals surface area contributed by atoms with Crippen LogP contribution in [0.15, 0.2) is 6.20 Å². The predicted octanol–water partition coefficient (Wildman–Crippen LogP) is -3.27. The number of carbonyl (C=O) groups excluding carboxylic acids is 1. The van der Waals surface area contributed by atoms with Gasteiger partial charge in [-0.1, -0.05) is 0 Å². The number of hydrogen-bond donors (Lipinski definition) is 1. The van der Waals surface area contributed by atoms with E-state index >= 15 is 0 Å². The lowest BCUT2D eigenvalue weighted by molar-refractivity contribution is -0.141. The van der Waals surface area contributed by atoms with E-state index in [2.05, 4.69) is 9.97 Å². The summed E-state index contributed by atoms with van der Waals surface area (Å²) in [7, 11) is 56.7. The van der Waals surface area contributed by atoms with Crippen LogP contribution in [0.5, 0.6) is 0 Å². The molecule has 1 rings (SSSR count). The highest BCUT2D eigenvalue weighted by Gasteiger charge is 2.42. The quantitative estimate of drug-likeness (QED) is 0.282. The molecule has 0 aromatic carbocycles. The molecule has 1 heterocycles. The molecule has 5 nitrogen and oxygen atoms in total. The van der Waals surface area contributed by atoms with Crippen molar-refractivity contribution in [2.75, 3.05) is 5.32 Å². The molecule has 0 atom stereocenters. The third-order valence-electron chi connectivity index (χ3n) is 5.00. The Hall–Kier alpha value is -0.401. The summed E-state index contributed by atoms with van der Waals surface area (Å²) < 4.78 is 43.1. The second-order valence-corrected chi connectivity index (χ2v) is 9.71. The number of halogens is 4. The Balaban J connectivity index is 0.000000726. The SMILES string of the molecule is CC(C)(C)OC(=O)Nc1ncc(CCl)c(C(F)(F)F)n1.[B]B([B])B(B([B])[B])B(B([B])[B])B(B([B])[B])B([B])[B]. The van der Waals surface area contributed by atoms with Gasteiger partial charge < -0.3 is 4.74 Å². The van der Waals surface area contributed by atoms with Crippen molar-refractivity contribution in [1.29, 1.82) is 0 Å². The molecule has 0 saturated heterocycles. The van der Waals surface area contributed by atoms with Crippen LogP contribution in [0.3, 0.4) is 0 Å². The molecule has 20 radical (unpaired) electrons. The first-order chi connectivity index (χ1) is 17.1. The summed E-state index contributed by atoms with van der Waals surface area (Å²) in [6.45, 7) is 4.85. The predicted molar refractivity (Wildman–Crippen MR) is 170 cm³/mol. The first-order valence-corrected chi connectivity index (χ1v) is 11.7. The van der Waals surface area contributed by atoms with Crippen LogP contribution in [0, 0.1) is 0 Å². The molecule has 1 N–H and O–H groups in total. The molecule has 1 aromatic rings. The maximum Gasteiger partial charge on any atom is 0.433 e. The molecule has 1 amide bonds. The molecule has 0 spiro atoms. The fourth-order valence-electron chi connectivity index (χ4n) is 3.51.